The molecule has 2 aliphatic heterocycles. The van der Waals surface area contributed by atoms with E-state index in [-0.39, 0.29) is 0 Å². The molecule has 88 valence electrons. The average Bonchev–Trinajstić information content (AvgIpc) is 2.16. The lowest BCUT2D eigenvalue weighted by Crippen LogP contribution is -2.54. The van der Waals surface area contributed by atoms with Gasteiger partial charge in [-0.2, -0.15) is 0 Å². The molecular weight excluding hydrogens is 186 g/mol. The van der Waals surface area contributed by atoms with E-state index in [2.05, 4.69) is 23.8 Å². The van der Waals surface area contributed by atoms with Crippen molar-refractivity contribution >= 4 is 0 Å². The monoisotopic (exact) mass is 211 g/mol. The second-order valence-electron chi connectivity index (χ2n) is 5.61. The van der Waals surface area contributed by atoms with E-state index in [0.717, 1.165) is 18.5 Å². The van der Waals surface area contributed by atoms with Gasteiger partial charge in [0, 0.05) is 31.7 Å². The fraction of sp³-hybridized carbons (Fsp3) is 1.00. The maximum atomic E-state index is 6.10. The first kappa shape index (κ1) is 11.4. The van der Waals surface area contributed by atoms with Crippen LogP contribution in [0.1, 0.15) is 26.2 Å². The topological polar surface area (TPSA) is 32.5 Å². The third kappa shape index (κ3) is 2.92. The predicted octanol–water partition coefficient (Wildman–Crippen LogP) is 0.750. The first-order chi connectivity index (χ1) is 7.15. The fourth-order valence-electron chi connectivity index (χ4n) is 3.18. The molecule has 3 unspecified atom stereocenters. The van der Waals surface area contributed by atoms with Gasteiger partial charge in [-0.05, 0) is 38.8 Å². The summed E-state index contributed by atoms with van der Waals surface area (Å²) in [7, 11) is 2.24. The van der Waals surface area contributed by atoms with Crippen LogP contribution in [-0.2, 0) is 0 Å². The first-order valence-corrected chi connectivity index (χ1v) is 6.33. The highest BCUT2D eigenvalue weighted by atomic mass is 15.2. The second kappa shape index (κ2) is 4.81. The lowest BCUT2D eigenvalue weighted by molar-refractivity contribution is 0.0679. The molecule has 0 aliphatic carbocycles. The first-order valence-electron chi connectivity index (χ1n) is 6.33. The summed E-state index contributed by atoms with van der Waals surface area (Å²) in [5.41, 5.74) is 6.10. The van der Waals surface area contributed by atoms with Crippen LogP contribution in [0.15, 0.2) is 0 Å². The molecule has 2 saturated heterocycles. The predicted molar refractivity (Wildman–Crippen MR) is 63.8 cm³/mol. The van der Waals surface area contributed by atoms with Crippen molar-refractivity contribution in [3.05, 3.63) is 0 Å². The van der Waals surface area contributed by atoms with Crippen LogP contribution < -0.4 is 5.73 Å². The molecule has 15 heavy (non-hydrogen) atoms. The van der Waals surface area contributed by atoms with Crippen molar-refractivity contribution < 1.29 is 0 Å². The largest absolute Gasteiger partial charge is 0.327 e. The van der Waals surface area contributed by atoms with E-state index in [0.29, 0.717) is 6.04 Å². The number of piperidine rings is 2. The molecule has 0 saturated carbocycles. The summed E-state index contributed by atoms with van der Waals surface area (Å²) in [6, 6.07) is 1.17. The van der Waals surface area contributed by atoms with Gasteiger partial charge in [-0.15, -0.1) is 0 Å². The molecular formula is C12H25N3. The molecule has 0 aromatic rings. The normalized spacial score (nSPS) is 40.6. The molecule has 3 heteroatoms. The molecule has 2 aliphatic rings. The van der Waals surface area contributed by atoms with Crippen LogP contribution in [0.2, 0.25) is 0 Å². The number of likely N-dealkylation sites (tertiary alicyclic amines) is 2. The van der Waals surface area contributed by atoms with E-state index in [1.54, 1.807) is 0 Å². The highest BCUT2D eigenvalue weighted by Gasteiger charge is 2.29. The van der Waals surface area contributed by atoms with Crippen molar-refractivity contribution in [2.24, 2.45) is 11.7 Å². The number of nitrogens with zero attached hydrogens (tertiary/aromatic N) is 2. The smallest absolute Gasteiger partial charge is 0.0224 e. The summed E-state index contributed by atoms with van der Waals surface area (Å²) >= 11 is 0. The Morgan fingerprint density at radius 3 is 2.67 bits per heavy atom. The van der Waals surface area contributed by atoms with Crippen molar-refractivity contribution in [1.29, 1.82) is 0 Å². The van der Waals surface area contributed by atoms with Gasteiger partial charge < -0.3 is 10.6 Å². The fourth-order valence-corrected chi connectivity index (χ4v) is 3.18. The Morgan fingerprint density at radius 1 is 1.20 bits per heavy atom. The van der Waals surface area contributed by atoms with Gasteiger partial charge in [-0.1, -0.05) is 6.92 Å². The zero-order valence-electron chi connectivity index (χ0n) is 10.2. The molecule has 2 rings (SSSR count). The van der Waals surface area contributed by atoms with Crippen molar-refractivity contribution in [3.8, 4) is 0 Å². The Balaban J connectivity index is 1.91. The third-order valence-electron chi connectivity index (χ3n) is 3.84. The number of hydrogen-bond acceptors (Lipinski definition) is 3. The molecule has 0 radical (unpaired) electrons. The van der Waals surface area contributed by atoms with Crippen molar-refractivity contribution in [1.82, 2.24) is 9.80 Å². The summed E-state index contributed by atoms with van der Waals surface area (Å²) in [5.74, 6) is 0.779. The highest BCUT2D eigenvalue weighted by molar-refractivity contribution is 4.86. The van der Waals surface area contributed by atoms with Crippen LogP contribution in [0.25, 0.3) is 0 Å². The van der Waals surface area contributed by atoms with E-state index in [1.165, 1.54) is 38.9 Å². The van der Waals surface area contributed by atoms with Crippen molar-refractivity contribution in [3.63, 3.8) is 0 Å². The SMILES string of the molecule is CC1CC(N)CN(C2CCCN(C)C2)C1. The highest BCUT2D eigenvalue weighted by Crippen LogP contribution is 2.21. The van der Waals surface area contributed by atoms with E-state index in [1.807, 2.05) is 0 Å². The summed E-state index contributed by atoms with van der Waals surface area (Å²) in [6.45, 7) is 7.21. The van der Waals surface area contributed by atoms with Crippen LogP contribution in [0.4, 0.5) is 0 Å². The molecule has 3 atom stereocenters. The Kier molecular flexibility index (Phi) is 3.65. The quantitative estimate of drug-likeness (QED) is 0.695. The van der Waals surface area contributed by atoms with Gasteiger partial charge in [0.1, 0.15) is 0 Å². The Hall–Kier alpha value is -0.120. The molecule has 0 spiro atoms. The van der Waals surface area contributed by atoms with E-state index in [4.69, 9.17) is 5.73 Å². The summed E-state index contributed by atoms with van der Waals surface area (Å²) in [5, 5.41) is 0. The number of hydrogen-bond donors (Lipinski definition) is 1. The lowest BCUT2D eigenvalue weighted by Gasteiger charge is -2.43. The molecule has 0 aromatic heterocycles. The van der Waals surface area contributed by atoms with Crippen LogP contribution in [-0.4, -0.2) is 55.1 Å². The van der Waals surface area contributed by atoms with Gasteiger partial charge in [0.25, 0.3) is 0 Å². The van der Waals surface area contributed by atoms with Crippen molar-refractivity contribution in [2.75, 3.05) is 33.2 Å². The molecule has 0 bridgehead atoms. The van der Waals surface area contributed by atoms with Gasteiger partial charge in [-0.3, -0.25) is 4.90 Å². The molecule has 0 amide bonds. The standard InChI is InChI=1S/C12H25N3/c1-10-6-11(13)8-15(7-10)12-4-3-5-14(2)9-12/h10-12H,3-9,13H2,1-2H3. The van der Waals surface area contributed by atoms with Crippen LogP contribution in [0, 0.1) is 5.92 Å². The maximum absolute atomic E-state index is 6.10. The van der Waals surface area contributed by atoms with E-state index in [9.17, 15) is 0 Å². The maximum Gasteiger partial charge on any atom is 0.0224 e. The minimum absolute atomic E-state index is 0.404. The molecule has 2 N–H and O–H groups in total. The second-order valence-corrected chi connectivity index (χ2v) is 5.61. The Morgan fingerprint density at radius 2 is 2.00 bits per heavy atom. The van der Waals surface area contributed by atoms with Gasteiger partial charge in [-0.25, -0.2) is 0 Å². The van der Waals surface area contributed by atoms with Gasteiger partial charge >= 0.3 is 0 Å². The Bertz CT molecular complexity index is 197. The molecule has 3 nitrogen and oxygen atoms in total. The third-order valence-corrected chi connectivity index (χ3v) is 3.84. The number of nitrogens with two attached hydrogens (primary N) is 1. The van der Waals surface area contributed by atoms with Crippen molar-refractivity contribution in [2.45, 2.75) is 38.3 Å². The summed E-state index contributed by atoms with van der Waals surface area (Å²) < 4.78 is 0. The minimum atomic E-state index is 0.404. The molecule has 2 fully saturated rings. The van der Waals surface area contributed by atoms with Crippen LogP contribution in [0.3, 0.4) is 0 Å². The molecule has 2 heterocycles. The van der Waals surface area contributed by atoms with Gasteiger partial charge in [0.05, 0.1) is 0 Å². The lowest BCUT2D eigenvalue weighted by atomic mass is 9.93. The Labute approximate surface area is 93.6 Å². The van der Waals surface area contributed by atoms with Gasteiger partial charge in [0.15, 0.2) is 0 Å². The number of likely N-dealkylation sites (N-methyl/N-ethyl adjacent to an activating group) is 1. The average molecular weight is 211 g/mol. The van der Waals surface area contributed by atoms with E-state index >= 15 is 0 Å². The number of rotatable bonds is 1. The summed E-state index contributed by atoms with van der Waals surface area (Å²) in [6.07, 6.45) is 3.92. The van der Waals surface area contributed by atoms with E-state index < -0.39 is 0 Å². The van der Waals surface area contributed by atoms with Crippen LogP contribution >= 0.6 is 0 Å². The minimum Gasteiger partial charge on any atom is -0.327 e. The van der Waals surface area contributed by atoms with Gasteiger partial charge in [0.2, 0.25) is 0 Å². The summed E-state index contributed by atoms with van der Waals surface area (Å²) in [4.78, 5) is 5.09. The molecule has 0 aromatic carbocycles. The zero-order valence-corrected chi connectivity index (χ0v) is 10.2. The van der Waals surface area contributed by atoms with Crippen LogP contribution in [0.5, 0.6) is 0 Å². The zero-order chi connectivity index (χ0) is 10.8.